The van der Waals surface area contributed by atoms with Crippen LogP contribution in [0.1, 0.15) is 6.42 Å². The fraction of sp³-hybridized carbons (Fsp3) is 0.174. The number of amides is 1. The van der Waals surface area contributed by atoms with Crippen molar-refractivity contribution in [2.75, 3.05) is 24.3 Å². The first kappa shape index (κ1) is 20.7. The number of nitrogens with one attached hydrogen (secondary N) is 1. The third-order valence-corrected chi connectivity index (χ3v) is 6.74. The van der Waals surface area contributed by atoms with E-state index in [-0.39, 0.29) is 17.5 Å². The van der Waals surface area contributed by atoms with Crippen molar-refractivity contribution >= 4 is 44.9 Å². The zero-order valence-corrected chi connectivity index (χ0v) is 18.5. The summed E-state index contributed by atoms with van der Waals surface area (Å²) in [5.41, 5.74) is 2.46. The van der Waals surface area contributed by atoms with Crippen LogP contribution in [-0.4, -0.2) is 34.8 Å². The van der Waals surface area contributed by atoms with Crippen molar-refractivity contribution in [3.8, 4) is 22.6 Å². The molecule has 4 aromatic rings. The molecule has 2 aromatic carbocycles. The Kier molecular flexibility index (Phi) is 5.91. The van der Waals surface area contributed by atoms with Crippen LogP contribution in [0.15, 0.2) is 59.2 Å². The highest BCUT2D eigenvalue weighted by Gasteiger charge is 2.16. The van der Waals surface area contributed by atoms with Crippen molar-refractivity contribution in [3.05, 3.63) is 60.0 Å². The molecule has 0 fully saturated rings. The lowest BCUT2D eigenvalue weighted by atomic mass is 10.1. The average Bonchev–Trinajstić information content (AvgIpc) is 3.10. The molecule has 162 valence electrons. The molecule has 0 atom stereocenters. The molecule has 0 unspecified atom stereocenters. The molecular formula is C23H18FN3O3S2. The van der Waals surface area contributed by atoms with Gasteiger partial charge in [0.2, 0.25) is 5.91 Å². The first-order chi connectivity index (χ1) is 15.7. The summed E-state index contributed by atoms with van der Waals surface area (Å²) in [6, 6.07) is 11.7. The van der Waals surface area contributed by atoms with Gasteiger partial charge in [-0.25, -0.2) is 14.4 Å². The molecule has 0 aliphatic carbocycles. The van der Waals surface area contributed by atoms with Gasteiger partial charge in [0.1, 0.15) is 22.0 Å². The number of benzene rings is 2. The van der Waals surface area contributed by atoms with Crippen LogP contribution in [-0.2, 0) is 4.79 Å². The minimum absolute atomic E-state index is 0.158. The van der Waals surface area contributed by atoms with E-state index < -0.39 is 0 Å². The van der Waals surface area contributed by atoms with Crippen LogP contribution in [0, 0.1) is 5.82 Å². The van der Waals surface area contributed by atoms with Crippen LogP contribution in [0.25, 0.3) is 21.3 Å². The maximum Gasteiger partial charge on any atom is 0.234 e. The van der Waals surface area contributed by atoms with Gasteiger partial charge >= 0.3 is 0 Å². The van der Waals surface area contributed by atoms with Crippen molar-refractivity contribution in [2.24, 2.45) is 0 Å². The fourth-order valence-electron chi connectivity index (χ4n) is 3.37. The molecular weight excluding hydrogens is 449 g/mol. The lowest BCUT2D eigenvalue weighted by Gasteiger charge is -2.10. The van der Waals surface area contributed by atoms with E-state index in [1.165, 1.54) is 41.6 Å². The van der Waals surface area contributed by atoms with Gasteiger partial charge in [-0.05, 0) is 29.8 Å². The van der Waals surface area contributed by atoms with Crippen LogP contribution in [0.5, 0.6) is 11.5 Å². The molecule has 1 aliphatic heterocycles. The summed E-state index contributed by atoms with van der Waals surface area (Å²) in [6.45, 7) is 1.20. The largest absolute Gasteiger partial charge is 0.490 e. The third-order valence-electron chi connectivity index (χ3n) is 4.86. The second kappa shape index (κ2) is 9.13. The molecule has 0 bridgehead atoms. The predicted octanol–water partition coefficient (Wildman–Crippen LogP) is 5.39. The van der Waals surface area contributed by atoms with E-state index in [1.807, 2.05) is 5.38 Å². The number of thioether (sulfide) groups is 1. The SMILES string of the molecule is O=C(CSc1ncnc2scc(-c3ccc(F)cc3)c12)Nc1ccc2c(c1)OCCCO2. The monoisotopic (exact) mass is 467 g/mol. The van der Waals surface area contributed by atoms with Crippen molar-refractivity contribution in [2.45, 2.75) is 11.4 Å². The molecule has 6 nitrogen and oxygen atoms in total. The van der Waals surface area contributed by atoms with Gasteiger partial charge in [0.15, 0.2) is 11.5 Å². The number of anilines is 1. The average molecular weight is 468 g/mol. The smallest absolute Gasteiger partial charge is 0.234 e. The van der Waals surface area contributed by atoms with E-state index in [1.54, 1.807) is 30.3 Å². The molecule has 5 rings (SSSR count). The van der Waals surface area contributed by atoms with Gasteiger partial charge in [-0.15, -0.1) is 11.3 Å². The summed E-state index contributed by atoms with van der Waals surface area (Å²) in [4.78, 5) is 22.2. The van der Waals surface area contributed by atoms with Gasteiger partial charge in [0, 0.05) is 29.1 Å². The highest BCUT2D eigenvalue weighted by molar-refractivity contribution is 8.00. The Morgan fingerprint density at radius 3 is 2.75 bits per heavy atom. The Bertz CT molecular complexity index is 1280. The van der Waals surface area contributed by atoms with Gasteiger partial charge in [-0.2, -0.15) is 0 Å². The fourth-order valence-corrected chi connectivity index (χ4v) is 5.16. The maximum atomic E-state index is 13.3. The molecule has 1 amide bonds. The van der Waals surface area contributed by atoms with Crippen molar-refractivity contribution in [3.63, 3.8) is 0 Å². The first-order valence-corrected chi connectivity index (χ1v) is 11.8. The minimum atomic E-state index is -0.287. The second-order valence-corrected chi connectivity index (χ2v) is 8.89. The number of aromatic nitrogens is 2. The summed E-state index contributed by atoms with van der Waals surface area (Å²) in [5, 5.41) is 6.47. The number of thiophene rings is 1. The number of hydrogen-bond acceptors (Lipinski definition) is 7. The Labute approximate surface area is 191 Å². The predicted molar refractivity (Wildman–Crippen MR) is 124 cm³/mol. The summed E-state index contributed by atoms with van der Waals surface area (Å²) in [6.07, 6.45) is 2.32. The zero-order valence-electron chi connectivity index (χ0n) is 16.8. The molecule has 32 heavy (non-hydrogen) atoms. The van der Waals surface area contributed by atoms with E-state index in [9.17, 15) is 9.18 Å². The van der Waals surface area contributed by atoms with Crippen LogP contribution in [0.4, 0.5) is 10.1 Å². The summed E-state index contributed by atoms with van der Waals surface area (Å²) >= 11 is 2.83. The quantitative estimate of drug-likeness (QED) is 0.313. The molecule has 0 saturated heterocycles. The number of carbonyl (C=O) groups is 1. The third kappa shape index (κ3) is 4.39. The summed E-state index contributed by atoms with van der Waals surface area (Å²) in [7, 11) is 0. The lowest BCUT2D eigenvalue weighted by Crippen LogP contribution is -2.14. The van der Waals surface area contributed by atoms with Gasteiger partial charge in [0.05, 0.1) is 24.4 Å². The van der Waals surface area contributed by atoms with Crippen LogP contribution in [0.2, 0.25) is 0 Å². The number of halogens is 1. The van der Waals surface area contributed by atoms with Crippen LogP contribution < -0.4 is 14.8 Å². The topological polar surface area (TPSA) is 73.3 Å². The standard InChI is InChI=1S/C23H18FN3O3S2/c24-15-4-2-14(3-5-15)17-11-31-22-21(17)23(26-13-25-22)32-12-20(28)27-16-6-7-18-19(10-16)30-9-1-8-29-18/h2-7,10-11,13H,1,8-9,12H2,(H,27,28). The van der Waals surface area contributed by atoms with E-state index in [0.29, 0.717) is 35.4 Å². The molecule has 3 heterocycles. The summed E-state index contributed by atoms with van der Waals surface area (Å²) in [5.74, 6) is 1.05. The van der Waals surface area contributed by atoms with E-state index in [2.05, 4.69) is 15.3 Å². The number of carbonyl (C=O) groups excluding carboxylic acids is 1. The maximum absolute atomic E-state index is 13.3. The van der Waals surface area contributed by atoms with Crippen molar-refractivity contribution < 1.29 is 18.7 Å². The van der Waals surface area contributed by atoms with Crippen LogP contribution >= 0.6 is 23.1 Å². The molecule has 0 radical (unpaired) electrons. The number of nitrogens with zero attached hydrogens (tertiary/aromatic N) is 2. The zero-order chi connectivity index (χ0) is 21.9. The Hall–Kier alpha value is -3.17. The van der Waals surface area contributed by atoms with E-state index >= 15 is 0 Å². The van der Waals surface area contributed by atoms with Gasteiger partial charge < -0.3 is 14.8 Å². The van der Waals surface area contributed by atoms with Crippen LogP contribution in [0.3, 0.4) is 0 Å². The molecule has 1 aliphatic rings. The normalized spacial score (nSPS) is 13.0. The second-order valence-electron chi connectivity index (χ2n) is 7.06. The van der Waals surface area contributed by atoms with Crippen molar-refractivity contribution in [1.82, 2.24) is 9.97 Å². The van der Waals surface area contributed by atoms with Crippen molar-refractivity contribution in [1.29, 1.82) is 0 Å². The number of rotatable bonds is 5. The molecule has 2 aromatic heterocycles. The number of ether oxygens (including phenoxy) is 2. The van der Waals surface area contributed by atoms with Gasteiger partial charge in [0.25, 0.3) is 0 Å². The molecule has 1 N–H and O–H groups in total. The van der Waals surface area contributed by atoms with Gasteiger partial charge in [-0.3, -0.25) is 4.79 Å². The lowest BCUT2D eigenvalue weighted by molar-refractivity contribution is -0.113. The number of hydrogen-bond donors (Lipinski definition) is 1. The Balaban J connectivity index is 1.32. The number of fused-ring (bicyclic) bond motifs is 2. The Morgan fingerprint density at radius 2 is 1.91 bits per heavy atom. The highest BCUT2D eigenvalue weighted by Crippen LogP contribution is 2.38. The Morgan fingerprint density at radius 1 is 1.09 bits per heavy atom. The molecule has 0 saturated carbocycles. The van der Waals surface area contributed by atoms with E-state index in [0.717, 1.165) is 27.8 Å². The minimum Gasteiger partial charge on any atom is -0.490 e. The molecule has 9 heteroatoms. The first-order valence-electron chi connectivity index (χ1n) is 9.98. The van der Waals surface area contributed by atoms with E-state index in [4.69, 9.17) is 9.47 Å². The highest BCUT2D eigenvalue weighted by atomic mass is 32.2. The molecule has 0 spiro atoms. The van der Waals surface area contributed by atoms with Gasteiger partial charge in [-0.1, -0.05) is 23.9 Å². The summed E-state index contributed by atoms with van der Waals surface area (Å²) < 4.78 is 24.6.